The normalized spacial score (nSPS) is 10.7. The molecule has 0 atom stereocenters. The number of ether oxygens (including phenoxy) is 1. The minimum atomic E-state index is -0.209. The summed E-state index contributed by atoms with van der Waals surface area (Å²) in [6.07, 6.45) is 0.770. The molecule has 0 fully saturated rings. The Labute approximate surface area is 181 Å². The molecule has 0 aliphatic heterocycles. The van der Waals surface area contributed by atoms with Crippen molar-refractivity contribution in [1.82, 2.24) is 14.8 Å². The van der Waals surface area contributed by atoms with Gasteiger partial charge in [-0.25, -0.2) is 0 Å². The van der Waals surface area contributed by atoms with Gasteiger partial charge in [0.25, 0.3) is 0 Å². The van der Waals surface area contributed by atoms with Crippen molar-refractivity contribution in [2.45, 2.75) is 18.1 Å². The zero-order valence-electron chi connectivity index (χ0n) is 15.6. The van der Waals surface area contributed by atoms with Gasteiger partial charge < -0.3 is 14.6 Å². The van der Waals surface area contributed by atoms with Gasteiger partial charge in [0, 0.05) is 25.8 Å². The Balaban J connectivity index is 1.75. The zero-order valence-corrected chi connectivity index (χ0v) is 18.0. The number of nitrogens with one attached hydrogen (secondary N) is 1. The van der Waals surface area contributed by atoms with E-state index in [1.165, 1.54) is 23.1 Å². The van der Waals surface area contributed by atoms with Gasteiger partial charge in [-0.2, -0.15) is 5.26 Å². The Kier molecular flexibility index (Phi) is 7.66. The van der Waals surface area contributed by atoms with Gasteiger partial charge in [-0.1, -0.05) is 35.5 Å². The van der Waals surface area contributed by atoms with Crippen LogP contribution in [0, 0.1) is 11.3 Å². The molecule has 29 heavy (non-hydrogen) atoms. The number of anilines is 1. The van der Waals surface area contributed by atoms with Crippen LogP contribution in [0.5, 0.6) is 0 Å². The molecule has 0 aliphatic rings. The molecule has 2 heterocycles. The molecule has 0 saturated heterocycles. The van der Waals surface area contributed by atoms with E-state index in [2.05, 4.69) is 21.6 Å². The summed E-state index contributed by atoms with van der Waals surface area (Å²) in [5.74, 6) is 0.590. The maximum absolute atomic E-state index is 12.3. The van der Waals surface area contributed by atoms with Crippen molar-refractivity contribution in [1.29, 1.82) is 5.26 Å². The Hall–Kier alpha value is -2.38. The molecule has 1 amide bonds. The topological polar surface area (TPSA) is 92.8 Å². The molecule has 10 heteroatoms. The number of carbonyl (C=O) groups is 1. The van der Waals surface area contributed by atoms with E-state index < -0.39 is 0 Å². The third kappa shape index (κ3) is 5.36. The van der Waals surface area contributed by atoms with Crippen LogP contribution in [0.2, 0.25) is 5.02 Å². The van der Waals surface area contributed by atoms with Crippen LogP contribution in [0.1, 0.15) is 12.0 Å². The fourth-order valence-corrected chi connectivity index (χ4v) is 4.33. The molecule has 0 aliphatic carbocycles. The predicted molar refractivity (Wildman–Crippen MR) is 115 cm³/mol. The first-order valence-corrected chi connectivity index (χ1v) is 11.0. The number of rotatable bonds is 9. The number of methoxy groups -OCH3 is 1. The molecule has 1 N–H and O–H groups in total. The Bertz CT molecular complexity index is 1030. The van der Waals surface area contributed by atoms with E-state index in [4.69, 9.17) is 21.6 Å². The van der Waals surface area contributed by atoms with E-state index in [9.17, 15) is 4.79 Å². The number of amides is 1. The predicted octanol–water partition coefficient (Wildman–Crippen LogP) is 4.30. The van der Waals surface area contributed by atoms with Crippen LogP contribution in [-0.2, 0) is 16.1 Å². The van der Waals surface area contributed by atoms with Crippen LogP contribution in [-0.4, -0.2) is 40.1 Å². The van der Waals surface area contributed by atoms with E-state index in [0.29, 0.717) is 39.7 Å². The molecule has 0 spiro atoms. The maximum atomic E-state index is 12.3. The molecule has 3 rings (SSSR count). The number of thioether (sulfide) groups is 1. The minimum Gasteiger partial charge on any atom is -0.385 e. The summed E-state index contributed by atoms with van der Waals surface area (Å²) in [7, 11) is 1.65. The van der Waals surface area contributed by atoms with Crippen LogP contribution in [0.15, 0.2) is 40.9 Å². The summed E-state index contributed by atoms with van der Waals surface area (Å²) < 4.78 is 7.10. The fraction of sp³-hybridized carbons (Fsp3) is 0.263. The van der Waals surface area contributed by atoms with Gasteiger partial charge in [0.15, 0.2) is 11.0 Å². The van der Waals surface area contributed by atoms with E-state index in [0.717, 1.165) is 12.0 Å². The number of thiophene rings is 1. The van der Waals surface area contributed by atoms with Crippen LogP contribution in [0.25, 0.3) is 11.4 Å². The second-order valence-corrected chi connectivity index (χ2v) is 8.16. The molecule has 7 nitrogen and oxygen atoms in total. The van der Waals surface area contributed by atoms with Gasteiger partial charge in [0.2, 0.25) is 5.91 Å². The largest absolute Gasteiger partial charge is 0.385 e. The first-order valence-electron chi connectivity index (χ1n) is 8.71. The molecule has 0 radical (unpaired) electrons. The van der Waals surface area contributed by atoms with E-state index in [-0.39, 0.29) is 11.7 Å². The van der Waals surface area contributed by atoms with E-state index >= 15 is 0 Å². The quantitative estimate of drug-likeness (QED) is 0.388. The van der Waals surface area contributed by atoms with Crippen molar-refractivity contribution >= 4 is 45.6 Å². The lowest BCUT2D eigenvalue weighted by Gasteiger charge is -2.11. The zero-order chi connectivity index (χ0) is 20.6. The molecule has 0 saturated carbocycles. The van der Waals surface area contributed by atoms with Crippen LogP contribution < -0.4 is 5.32 Å². The van der Waals surface area contributed by atoms with Crippen LogP contribution >= 0.6 is 34.7 Å². The Morgan fingerprint density at radius 1 is 1.38 bits per heavy atom. The lowest BCUT2D eigenvalue weighted by molar-refractivity contribution is -0.113. The molecular weight excluding hydrogens is 430 g/mol. The number of aromatic nitrogens is 3. The van der Waals surface area contributed by atoms with Gasteiger partial charge >= 0.3 is 0 Å². The molecule has 1 aromatic carbocycles. The number of carbonyl (C=O) groups excluding carboxylic acids is 1. The van der Waals surface area contributed by atoms with E-state index in [1.807, 2.05) is 22.8 Å². The number of nitrogens with zero attached hydrogens (tertiary/aromatic N) is 4. The van der Waals surface area contributed by atoms with Gasteiger partial charge in [-0.15, -0.1) is 21.5 Å². The van der Waals surface area contributed by atoms with Crippen LogP contribution in [0.4, 0.5) is 5.00 Å². The highest BCUT2D eigenvalue weighted by molar-refractivity contribution is 7.99. The van der Waals surface area contributed by atoms with Crippen molar-refractivity contribution in [3.05, 3.63) is 46.3 Å². The second-order valence-electron chi connectivity index (χ2n) is 5.90. The van der Waals surface area contributed by atoms with E-state index in [1.54, 1.807) is 24.6 Å². The van der Waals surface area contributed by atoms with Crippen molar-refractivity contribution in [3.8, 4) is 17.5 Å². The van der Waals surface area contributed by atoms with Crippen LogP contribution in [0.3, 0.4) is 0 Å². The minimum absolute atomic E-state index is 0.147. The molecular formula is C19H18ClN5O2S2. The summed E-state index contributed by atoms with van der Waals surface area (Å²) in [5, 5.41) is 23.9. The number of halogens is 1. The number of benzene rings is 1. The lowest BCUT2D eigenvalue weighted by atomic mass is 10.2. The van der Waals surface area contributed by atoms with Gasteiger partial charge in [0.1, 0.15) is 11.1 Å². The first kappa shape index (κ1) is 21.3. The van der Waals surface area contributed by atoms with Crippen molar-refractivity contribution in [2.75, 3.05) is 24.8 Å². The Morgan fingerprint density at radius 3 is 2.97 bits per heavy atom. The summed E-state index contributed by atoms with van der Waals surface area (Å²) in [4.78, 5) is 12.3. The fourth-order valence-electron chi connectivity index (χ4n) is 2.59. The number of nitriles is 1. The van der Waals surface area contributed by atoms with Gasteiger partial charge in [0.05, 0.1) is 16.3 Å². The van der Waals surface area contributed by atoms with Crippen molar-refractivity contribution < 1.29 is 9.53 Å². The van der Waals surface area contributed by atoms with Gasteiger partial charge in [-0.05, 0) is 30.0 Å². The molecule has 150 valence electrons. The summed E-state index contributed by atoms with van der Waals surface area (Å²) in [5.41, 5.74) is 1.24. The number of hydrogen-bond donors (Lipinski definition) is 1. The summed E-state index contributed by atoms with van der Waals surface area (Å²) in [6, 6.07) is 11.2. The summed E-state index contributed by atoms with van der Waals surface area (Å²) >= 11 is 8.94. The Morgan fingerprint density at radius 2 is 2.21 bits per heavy atom. The maximum Gasteiger partial charge on any atom is 0.235 e. The first-order chi connectivity index (χ1) is 14.1. The molecule has 0 unspecified atom stereocenters. The third-order valence-electron chi connectivity index (χ3n) is 3.93. The lowest BCUT2D eigenvalue weighted by Crippen LogP contribution is -2.14. The van der Waals surface area contributed by atoms with Gasteiger partial charge in [-0.3, -0.25) is 4.79 Å². The third-order valence-corrected chi connectivity index (χ3v) is 6.06. The standard InChI is InChI=1S/C19H18ClN5O2S2/c1-27-9-4-8-25-17(14-5-2-3-6-15(14)20)23-24-19(25)29-12-16(26)22-18-13(11-21)7-10-28-18/h2-3,5-7,10H,4,8-9,12H2,1H3,(H,22,26). The molecule has 3 aromatic rings. The monoisotopic (exact) mass is 447 g/mol. The smallest absolute Gasteiger partial charge is 0.235 e. The summed E-state index contributed by atoms with van der Waals surface area (Å²) in [6.45, 7) is 1.23. The molecule has 0 bridgehead atoms. The highest BCUT2D eigenvalue weighted by atomic mass is 35.5. The molecule has 2 aromatic heterocycles. The SMILES string of the molecule is COCCCn1c(SCC(=O)Nc2sccc2C#N)nnc1-c1ccccc1Cl. The highest BCUT2D eigenvalue weighted by Crippen LogP contribution is 2.30. The van der Waals surface area contributed by atoms with Crippen molar-refractivity contribution in [2.24, 2.45) is 0 Å². The average molecular weight is 448 g/mol. The average Bonchev–Trinajstić information content (AvgIpc) is 3.33. The second kappa shape index (κ2) is 10.4. The highest BCUT2D eigenvalue weighted by Gasteiger charge is 2.18. The van der Waals surface area contributed by atoms with Crippen molar-refractivity contribution in [3.63, 3.8) is 0 Å². The number of hydrogen-bond acceptors (Lipinski definition) is 7.